The van der Waals surface area contributed by atoms with Gasteiger partial charge in [0.05, 0.1) is 5.02 Å². The second-order valence-corrected chi connectivity index (χ2v) is 3.82. The van der Waals surface area contributed by atoms with Crippen LogP contribution in [0.25, 0.3) is 0 Å². The molecule has 0 saturated carbocycles. The summed E-state index contributed by atoms with van der Waals surface area (Å²) in [6, 6.07) is 15.4. The molecular weight excluding hydrogens is 208 g/mol. The lowest BCUT2D eigenvalue weighted by molar-refractivity contribution is 0.470. The molecule has 0 aliphatic rings. The highest BCUT2D eigenvalue weighted by Gasteiger charge is 2.05. The van der Waals surface area contributed by atoms with E-state index in [1.807, 2.05) is 42.5 Å². The zero-order valence-electron chi connectivity index (χ0n) is 8.15. The van der Waals surface area contributed by atoms with Crippen LogP contribution in [0, 0.1) is 0 Å². The van der Waals surface area contributed by atoms with Crippen molar-refractivity contribution in [3.05, 3.63) is 64.7 Å². The predicted octanol–water partition coefficient (Wildman–Crippen LogP) is 3.64. The van der Waals surface area contributed by atoms with E-state index in [4.69, 9.17) is 11.6 Å². The molecule has 0 aliphatic carbocycles. The Morgan fingerprint density at radius 1 is 0.933 bits per heavy atom. The van der Waals surface area contributed by atoms with Crippen molar-refractivity contribution in [3.8, 4) is 5.75 Å². The molecule has 15 heavy (non-hydrogen) atoms. The Morgan fingerprint density at radius 2 is 1.67 bits per heavy atom. The van der Waals surface area contributed by atoms with Gasteiger partial charge < -0.3 is 5.11 Å². The normalized spacial score (nSPS) is 10.2. The van der Waals surface area contributed by atoms with Gasteiger partial charge in [-0.3, -0.25) is 0 Å². The fourth-order valence-corrected chi connectivity index (χ4v) is 1.71. The SMILES string of the molecule is Oc1c(Cl)cccc1Cc1ccccc1. The highest BCUT2D eigenvalue weighted by molar-refractivity contribution is 6.32. The van der Waals surface area contributed by atoms with Gasteiger partial charge in [-0.2, -0.15) is 0 Å². The summed E-state index contributed by atoms with van der Waals surface area (Å²) in [5.74, 6) is 0.183. The smallest absolute Gasteiger partial charge is 0.137 e. The second kappa shape index (κ2) is 4.37. The number of phenols is 1. The minimum absolute atomic E-state index is 0.183. The standard InChI is InChI=1S/C13H11ClO/c14-12-8-4-7-11(13(12)15)9-10-5-2-1-3-6-10/h1-8,15H,9H2. The van der Waals surface area contributed by atoms with Crippen molar-refractivity contribution in [1.29, 1.82) is 0 Å². The zero-order valence-corrected chi connectivity index (χ0v) is 8.91. The van der Waals surface area contributed by atoms with Gasteiger partial charge in [0.1, 0.15) is 5.75 Å². The van der Waals surface area contributed by atoms with Gasteiger partial charge in [0.15, 0.2) is 0 Å². The number of para-hydroxylation sites is 1. The van der Waals surface area contributed by atoms with E-state index in [-0.39, 0.29) is 5.75 Å². The number of aromatic hydroxyl groups is 1. The van der Waals surface area contributed by atoms with E-state index < -0.39 is 0 Å². The van der Waals surface area contributed by atoms with Crippen molar-refractivity contribution in [3.63, 3.8) is 0 Å². The van der Waals surface area contributed by atoms with E-state index in [2.05, 4.69) is 0 Å². The van der Waals surface area contributed by atoms with E-state index in [0.717, 1.165) is 11.1 Å². The van der Waals surface area contributed by atoms with Crippen molar-refractivity contribution in [2.75, 3.05) is 0 Å². The molecule has 0 aliphatic heterocycles. The lowest BCUT2D eigenvalue weighted by Crippen LogP contribution is -1.88. The Hall–Kier alpha value is -1.47. The molecule has 0 heterocycles. The molecule has 2 rings (SSSR count). The molecule has 1 N–H and O–H groups in total. The molecule has 0 unspecified atom stereocenters. The third-order valence-corrected chi connectivity index (χ3v) is 2.61. The monoisotopic (exact) mass is 218 g/mol. The van der Waals surface area contributed by atoms with E-state index >= 15 is 0 Å². The van der Waals surface area contributed by atoms with Gasteiger partial charge >= 0.3 is 0 Å². The van der Waals surface area contributed by atoms with Crippen molar-refractivity contribution < 1.29 is 5.11 Å². The van der Waals surface area contributed by atoms with Crippen LogP contribution in [-0.4, -0.2) is 5.11 Å². The number of halogens is 1. The molecule has 0 spiro atoms. The fourth-order valence-electron chi connectivity index (χ4n) is 1.52. The number of benzene rings is 2. The fraction of sp³-hybridized carbons (Fsp3) is 0.0769. The first-order valence-corrected chi connectivity index (χ1v) is 5.15. The quantitative estimate of drug-likeness (QED) is 0.816. The van der Waals surface area contributed by atoms with E-state index in [1.165, 1.54) is 0 Å². The number of hydrogen-bond donors (Lipinski definition) is 1. The van der Waals surface area contributed by atoms with Crippen LogP contribution in [0.3, 0.4) is 0 Å². The maximum Gasteiger partial charge on any atom is 0.137 e. The Balaban J connectivity index is 2.29. The zero-order chi connectivity index (χ0) is 10.7. The van der Waals surface area contributed by atoms with E-state index in [0.29, 0.717) is 11.4 Å². The van der Waals surface area contributed by atoms with Crippen molar-refractivity contribution in [2.45, 2.75) is 6.42 Å². The van der Waals surface area contributed by atoms with Crippen molar-refractivity contribution in [2.24, 2.45) is 0 Å². The van der Waals surface area contributed by atoms with E-state index in [9.17, 15) is 5.11 Å². The Kier molecular flexibility index (Phi) is 2.93. The predicted molar refractivity (Wildman–Crippen MR) is 62.4 cm³/mol. The van der Waals surface area contributed by atoms with Gasteiger partial charge in [-0.1, -0.05) is 54.1 Å². The lowest BCUT2D eigenvalue weighted by Gasteiger charge is -2.05. The second-order valence-electron chi connectivity index (χ2n) is 3.41. The first-order chi connectivity index (χ1) is 7.27. The van der Waals surface area contributed by atoms with Crippen LogP contribution >= 0.6 is 11.6 Å². The van der Waals surface area contributed by atoms with E-state index in [1.54, 1.807) is 6.07 Å². The maximum absolute atomic E-state index is 9.73. The first kappa shape index (κ1) is 10.1. The molecule has 2 heteroatoms. The third-order valence-electron chi connectivity index (χ3n) is 2.31. The highest BCUT2D eigenvalue weighted by Crippen LogP contribution is 2.28. The highest BCUT2D eigenvalue weighted by atomic mass is 35.5. The molecule has 0 atom stereocenters. The van der Waals surface area contributed by atoms with Crippen LogP contribution in [0.2, 0.25) is 5.02 Å². The molecule has 0 saturated heterocycles. The van der Waals surface area contributed by atoms with Gasteiger partial charge in [-0.05, 0) is 17.2 Å². The Labute approximate surface area is 94.0 Å². The summed E-state index contributed by atoms with van der Waals surface area (Å²) in [6.45, 7) is 0. The number of rotatable bonds is 2. The van der Waals surface area contributed by atoms with Gasteiger partial charge in [0.25, 0.3) is 0 Å². The minimum Gasteiger partial charge on any atom is -0.506 e. The Bertz CT molecular complexity index is 451. The van der Waals surface area contributed by atoms with Crippen molar-refractivity contribution >= 4 is 11.6 Å². The molecule has 2 aromatic carbocycles. The van der Waals surface area contributed by atoms with Gasteiger partial charge in [-0.15, -0.1) is 0 Å². The summed E-state index contributed by atoms with van der Waals surface area (Å²) in [7, 11) is 0. The lowest BCUT2D eigenvalue weighted by atomic mass is 10.0. The Morgan fingerprint density at radius 3 is 2.40 bits per heavy atom. The molecule has 2 aromatic rings. The minimum atomic E-state index is 0.183. The first-order valence-electron chi connectivity index (χ1n) is 4.77. The molecule has 0 fully saturated rings. The van der Waals surface area contributed by atoms with Crippen LogP contribution < -0.4 is 0 Å². The average Bonchev–Trinajstić information content (AvgIpc) is 2.26. The molecule has 0 bridgehead atoms. The molecule has 0 aromatic heterocycles. The summed E-state index contributed by atoms with van der Waals surface area (Å²) >= 11 is 5.83. The van der Waals surface area contributed by atoms with Gasteiger partial charge in [-0.25, -0.2) is 0 Å². The van der Waals surface area contributed by atoms with Crippen LogP contribution in [0.1, 0.15) is 11.1 Å². The number of phenolic OH excluding ortho intramolecular Hbond substituents is 1. The summed E-state index contributed by atoms with van der Waals surface area (Å²) in [5, 5.41) is 10.1. The third kappa shape index (κ3) is 2.31. The summed E-state index contributed by atoms with van der Waals surface area (Å²) in [6.07, 6.45) is 0.702. The molecule has 0 amide bonds. The molecule has 76 valence electrons. The van der Waals surface area contributed by atoms with Gasteiger partial charge in [0, 0.05) is 6.42 Å². The van der Waals surface area contributed by atoms with Crippen molar-refractivity contribution in [1.82, 2.24) is 0 Å². The summed E-state index contributed by atoms with van der Waals surface area (Å²) in [5.41, 5.74) is 2.02. The van der Waals surface area contributed by atoms with Crippen LogP contribution in [0.5, 0.6) is 5.75 Å². The van der Waals surface area contributed by atoms with Crippen LogP contribution in [0.4, 0.5) is 0 Å². The molecule has 0 radical (unpaired) electrons. The van der Waals surface area contributed by atoms with Crippen LogP contribution in [-0.2, 0) is 6.42 Å². The summed E-state index contributed by atoms with van der Waals surface area (Å²) < 4.78 is 0. The molecular formula is C13H11ClO. The van der Waals surface area contributed by atoms with Crippen LogP contribution in [0.15, 0.2) is 48.5 Å². The van der Waals surface area contributed by atoms with Gasteiger partial charge in [0.2, 0.25) is 0 Å². The summed E-state index contributed by atoms with van der Waals surface area (Å²) in [4.78, 5) is 0. The number of hydrogen-bond acceptors (Lipinski definition) is 1. The maximum atomic E-state index is 9.73. The molecule has 1 nitrogen and oxygen atoms in total. The topological polar surface area (TPSA) is 20.2 Å². The largest absolute Gasteiger partial charge is 0.506 e. The average molecular weight is 219 g/mol.